The van der Waals surface area contributed by atoms with Crippen LogP contribution in [-0.2, 0) is 21.6 Å². The Labute approximate surface area is 147 Å². The molecular formula is C18H28N4O3. The molecule has 0 N–H and O–H groups in total. The molecule has 0 unspecified atom stereocenters. The van der Waals surface area contributed by atoms with Crippen molar-refractivity contribution >= 4 is 10.9 Å². The quantitative estimate of drug-likeness (QED) is 0.849. The molecule has 0 amide bonds. The number of hydrogen-bond donors (Lipinski definition) is 0. The van der Waals surface area contributed by atoms with Gasteiger partial charge in [0.25, 0.3) is 5.56 Å². The minimum absolute atomic E-state index is 0.109. The second-order valence-corrected chi connectivity index (χ2v) is 7.87. The zero-order chi connectivity index (χ0) is 18.2. The molecule has 0 aromatic carbocycles. The van der Waals surface area contributed by atoms with Gasteiger partial charge in [-0.3, -0.25) is 9.48 Å². The Balaban J connectivity index is 2.02. The van der Waals surface area contributed by atoms with Gasteiger partial charge in [0, 0.05) is 18.4 Å². The van der Waals surface area contributed by atoms with Crippen molar-refractivity contribution in [2.75, 3.05) is 13.2 Å². The Hall–Kier alpha value is -1.73. The molecule has 2 aromatic heterocycles. The molecule has 0 bridgehead atoms. The van der Waals surface area contributed by atoms with Crippen molar-refractivity contribution < 1.29 is 9.47 Å². The number of aryl methyl sites for hydroxylation is 1. The van der Waals surface area contributed by atoms with Gasteiger partial charge in [-0.2, -0.15) is 10.2 Å². The van der Waals surface area contributed by atoms with Gasteiger partial charge in [0.2, 0.25) is 0 Å². The first-order chi connectivity index (χ1) is 11.8. The van der Waals surface area contributed by atoms with Gasteiger partial charge in [0.1, 0.15) is 5.52 Å². The summed E-state index contributed by atoms with van der Waals surface area (Å²) in [4.78, 5) is 13.1. The first kappa shape index (κ1) is 18.1. The molecule has 138 valence electrons. The van der Waals surface area contributed by atoms with Crippen LogP contribution in [0.2, 0.25) is 0 Å². The second kappa shape index (κ2) is 6.88. The maximum Gasteiger partial charge on any atom is 0.292 e. The summed E-state index contributed by atoms with van der Waals surface area (Å²) in [6.07, 6.45) is 3.04. The number of hydrogen-bond acceptors (Lipinski definition) is 5. The lowest BCUT2D eigenvalue weighted by Gasteiger charge is -2.24. The highest BCUT2D eigenvalue weighted by Crippen LogP contribution is 2.24. The molecule has 0 radical (unpaired) electrons. The largest absolute Gasteiger partial charge is 0.353 e. The van der Waals surface area contributed by atoms with E-state index < -0.39 is 0 Å². The molecule has 1 fully saturated rings. The van der Waals surface area contributed by atoms with Crippen molar-refractivity contribution in [2.24, 2.45) is 0 Å². The van der Waals surface area contributed by atoms with E-state index in [1.54, 1.807) is 10.9 Å². The van der Waals surface area contributed by atoms with Gasteiger partial charge in [0.15, 0.2) is 6.29 Å². The van der Waals surface area contributed by atoms with Crippen LogP contribution >= 0.6 is 0 Å². The maximum absolute atomic E-state index is 13.1. The summed E-state index contributed by atoms with van der Waals surface area (Å²) in [5, 5.41) is 9.94. The van der Waals surface area contributed by atoms with Crippen LogP contribution in [0.5, 0.6) is 0 Å². The fourth-order valence-electron chi connectivity index (χ4n) is 3.11. The molecule has 7 nitrogen and oxygen atoms in total. The summed E-state index contributed by atoms with van der Waals surface area (Å²) in [5.74, 6) is 0.203. The Morgan fingerprint density at radius 1 is 1.28 bits per heavy atom. The van der Waals surface area contributed by atoms with Crippen LogP contribution in [0.4, 0.5) is 0 Å². The molecule has 1 aliphatic heterocycles. The van der Waals surface area contributed by atoms with Crippen LogP contribution < -0.4 is 5.56 Å². The number of nitrogens with zero attached hydrogens (tertiary/aromatic N) is 4. The highest BCUT2D eigenvalue weighted by Gasteiger charge is 2.24. The Bertz CT molecular complexity index is 795. The molecule has 25 heavy (non-hydrogen) atoms. The fraction of sp³-hybridized carbons (Fsp3) is 0.722. The van der Waals surface area contributed by atoms with Crippen molar-refractivity contribution in [2.45, 2.75) is 71.8 Å². The van der Waals surface area contributed by atoms with Gasteiger partial charge in [-0.15, -0.1) is 0 Å². The first-order valence-corrected chi connectivity index (χ1v) is 9.01. The zero-order valence-corrected chi connectivity index (χ0v) is 15.8. The minimum Gasteiger partial charge on any atom is -0.353 e. The average molecular weight is 348 g/mol. The molecule has 2 aromatic rings. The topological polar surface area (TPSA) is 71.2 Å². The van der Waals surface area contributed by atoms with E-state index in [9.17, 15) is 4.79 Å². The zero-order valence-electron chi connectivity index (χ0n) is 15.8. The van der Waals surface area contributed by atoms with Crippen LogP contribution in [0.25, 0.3) is 10.9 Å². The molecule has 0 aliphatic carbocycles. The predicted molar refractivity (Wildman–Crippen MR) is 95.8 cm³/mol. The summed E-state index contributed by atoms with van der Waals surface area (Å²) in [5.41, 5.74) is 1.14. The molecule has 0 saturated carbocycles. The van der Waals surface area contributed by atoms with E-state index in [4.69, 9.17) is 9.47 Å². The third-order valence-electron chi connectivity index (χ3n) is 4.37. The first-order valence-electron chi connectivity index (χ1n) is 9.01. The van der Waals surface area contributed by atoms with E-state index in [0.717, 1.165) is 17.5 Å². The van der Waals surface area contributed by atoms with E-state index in [-0.39, 0.29) is 23.3 Å². The van der Waals surface area contributed by atoms with E-state index in [1.165, 1.54) is 0 Å². The van der Waals surface area contributed by atoms with Crippen molar-refractivity contribution in [1.29, 1.82) is 0 Å². The lowest BCUT2D eigenvalue weighted by molar-refractivity contribution is -0.182. The van der Waals surface area contributed by atoms with Crippen LogP contribution in [0.3, 0.4) is 0 Å². The standard InChI is InChI=1S/C18H28N4O3/c1-12(2)15-13-11-19-22(18(3,4)5)16(13)17(23)21(20-15)8-7-14-24-9-6-10-25-14/h11-12,14H,6-10H2,1-5H3. The SMILES string of the molecule is CC(C)c1nn(CCC2OCCCO2)c(=O)c2c1cnn2C(C)(C)C. The van der Waals surface area contributed by atoms with Crippen LogP contribution in [0.15, 0.2) is 11.0 Å². The normalized spacial score (nSPS) is 16.9. The van der Waals surface area contributed by atoms with Crippen molar-refractivity contribution in [1.82, 2.24) is 19.6 Å². The van der Waals surface area contributed by atoms with Crippen LogP contribution in [0, 0.1) is 0 Å². The number of fused-ring (bicyclic) bond motifs is 1. The van der Waals surface area contributed by atoms with Gasteiger partial charge in [-0.25, -0.2) is 4.68 Å². The molecule has 1 aliphatic rings. The van der Waals surface area contributed by atoms with E-state index >= 15 is 0 Å². The number of rotatable bonds is 4. The average Bonchev–Trinajstić information content (AvgIpc) is 3.00. The van der Waals surface area contributed by atoms with Crippen molar-refractivity contribution in [3.63, 3.8) is 0 Å². The molecule has 1 saturated heterocycles. The van der Waals surface area contributed by atoms with Gasteiger partial charge < -0.3 is 9.47 Å². The van der Waals surface area contributed by atoms with Crippen LogP contribution in [0.1, 0.15) is 59.1 Å². The van der Waals surface area contributed by atoms with E-state index in [0.29, 0.717) is 31.7 Å². The van der Waals surface area contributed by atoms with Gasteiger partial charge in [0.05, 0.1) is 30.6 Å². The van der Waals surface area contributed by atoms with E-state index in [2.05, 4.69) is 24.0 Å². The Morgan fingerprint density at radius 2 is 1.96 bits per heavy atom. The fourth-order valence-corrected chi connectivity index (χ4v) is 3.11. The Morgan fingerprint density at radius 3 is 2.56 bits per heavy atom. The lowest BCUT2D eigenvalue weighted by atomic mass is 10.1. The smallest absolute Gasteiger partial charge is 0.292 e. The highest BCUT2D eigenvalue weighted by atomic mass is 16.7. The maximum atomic E-state index is 13.1. The highest BCUT2D eigenvalue weighted by molar-refractivity contribution is 5.80. The Kier molecular flexibility index (Phi) is 4.97. The van der Waals surface area contributed by atoms with Gasteiger partial charge in [-0.05, 0) is 33.1 Å². The number of ether oxygens (including phenoxy) is 2. The predicted octanol–water partition coefficient (Wildman–Crippen LogP) is 2.62. The molecule has 3 rings (SSSR count). The second-order valence-electron chi connectivity index (χ2n) is 7.87. The summed E-state index contributed by atoms with van der Waals surface area (Å²) in [6.45, 7) is 12.2. The molecule has 0 atom stereocenters. The van der Waals surface area contributed by atoms with Crippen molar-refractivity contribution in [3.05, 3.63) is 22.2 Å². The molecule has 0 spiro atoms. The lowest BCUT2D eigenvalue weighted by Crippen LogP contribution is -2.33. The molecule has 3 heterocycles. The molecular weight excluding hydrogens is 320 g/mol. The third-order valence-corrected chi connectivity index (χ3v) is 4.37. The monoisotopic (exact) mass is 348 g/mol. The van der Waals surface area contributed by atoms with Crippen LogP contribution in [-0.4, -0.2) is 39.1 Å². The minimum atomic E-state index is -0.274. The third kappa shape index (κ3) is 3.62. The number of aromatic nitrogens is 4. The molecule has 7 heteroatoms. The summed E-state index contributed by atoms with van der Waals surface area (Å²) in [7, 11) is 0. The van der Waals surface area contributed by atoms with Gasteiger partial charge in [-0.1, -0.05) is 13.8 Å². The van der Waals surface area contributed by atoms with Crippen molar-refractivity contribution in [3.8, 4) is 0 Å². The van der Waals surface area contributed by atoms with E-state index in [1.807, 2.05) is 25.5 Å². The summed E-state index contributed by atoms with van der Waals surface area (Å²) < 4.78 is 14.5. The summed E-state index contributed by atoms with van der Waals surface area (Å²) in [6, 6.07) is 0. The summed E-state index contributed by atoms with van der Waals surface area (Å²) >= 11 is 0. The van der Waals surface area contributed by atoms with Gasteiger partial charge >= 0.3 is 0 Å².